The van der Waals surface area contributed by atoms with Gasteiger partial charge in [-0.05, 0) is 72.9 Å². The lowest BCUT2D eigenvalue weighted by molar-refractivity contribution is 1.44. The summed E-state index contributed by atoms with van der Waals surface area (Å²) in [6, 6.07) is 21.9. The average molecular weight is 325 g/mol. The van der Waals surface area contributed by atoms with E-state index in [1.165, 1.54) is 43.8 Å². The SMILES string of the molecule is Cc1cccc2c(Nc3ccc(C)c4c(C)cccc34)ccc(C)c12. The molecule has 0 saturated heterocycles. The number of aryl methyl sites for hydroxylation is 4. The molecule has 0 aliphatic carbocycles. The second kappa shape index (κ2) is 5.93. The van der Waals surface area contributed by atoms with Gasteiger partial charge in [0.15, 0.2) is 0 Å². The first-order valence-corrected chi connectivity index (χ1v) is 8.81. The number of rotatable bonds is 2. The van der Waals surface area contributed by atoms with Crippen molar-refractivity contribution in [3.05, 3.63) is 82.9 Å². The van der Waals surface area contributed by atoms with Crippen LogP contribution >= 0.6 is 0 Å². The molecule has 0 aliphatic rings. The third kappa shape index (κ3) is 2.56. The van der Waals surface area contributed by atoms with Gasteiger partial charge in [0.2, 0.25) is 0 Å². The van der Waals surface area contributed by atoms with Crippen LogP contribution in [-0.4, -0.2) is 0 Å². The van der Waals surface area contributed by atoms with E-state index in [0.29, 0.717) is 0 Å². The van der Waals surface area contributed by atoms with Gasteiger partial charge in [0.25, 0.3) is 0 Å². The first-order chi connectivity index (χ1) is 12.1. The highest BCUT2D eigenvalue weighted by Crippen LogP contribution is 2.35. The first kappa shape index (κ1) is 15.7. The molecule has 0 amide bonds. The molecule has 1 nitrogen and oxygen atoms in total. The van der Waals surface area contributed by atoms with E-state index in [1.54, 1.807) is 0 Å². The van der Waals surface area contributed by atoms with Gasteiger partial charge in [-0.3, -0.25) is 0 Å². The van der Waals surface area contributed by atoms with E-state index in [2.05, 4.69) is 93.7 Å². The zero-order chi connectivity index (χ0) is 17.6. The maximum Gasteiger partial charge on any atom is 0.0464 e. The monoisotopic (exact) mass is 325 g/mol. The summed E-state index contributed by atoms with van der Waals surface area (Å²) in [6.07, 6.45) is 0. The molecule has 0 bridgehead atoms. The summed E-state index contributed by atoms with van der Waals surface area (Å²) >= 11 is 0. The van der Waals surface area contributed by atoms with E-state index in [4.69, 9.17) is 0 Å². The Kier molecular flexibility index (Phi) is 3.73. The molecular formula is C24H23N. The summed E-state index contributed by atoms with van der Waals surface area (Å²) in [5.74, 6) is 0. The first-order valence-electron chi connectivity index (χ1n) is 8.81. The van der Waals surface area contributed by atoms with Crippen molar-refractivity contribution in [2.24, 2.45) is 0 Å². The van der Waals surface area contributed by atoms with Crippen molar-refractivity contribution in [2.45, 2.75) is 27.7 Å². The second-order valence-corrected chi connectivity index (χ2v) is 6.98. The molecule has 0 aromatic heterocycles. The van der Waals surface area contributed by atoms with E-state index in [0.717, 1.165) is 11.4 Å². The van der Waals surface area contributed by atoms with Gasteiger partial charge in [0.1, 0.15) is 0 Å². The molecule has 0 heterocycles. The number of benzene rings is 4. The fourth-order valence-electron chi connectivity index (χ4n) is 3.96. The molecule has 0 fully saturated rings. The molecule has 0 aliphatic heterocycles. The minimum Gasteiger partial charge on any atom is -0.355 e. The Morgan fingerprint density at radius 1 is 0.480 bits per heavy atom. The summed E-state index contributed by atoms with van der Waals surface area (Å²) in [6.45, 7) is 8.74. The van der Waals surface area contributed by atoms with Gasteiger partial charge in [-0.25, -0.2) is 0 Å². The molecule has 0 spiro atoms. The van der Waals surface area contributed by atoms with Gasteiger partial charge in [-0.2, -0.15) is 0 Å². The third-order valence-corrected chi connectivity index (χ3v) is 5.18. The van der Waals surface area contributed by atoms with Crippen molar-refractivity contribution >= 4 is 32.9 Å². The maximum absolute atomic E-state index is 3.70. The highest BCUT2D eigenvalue weighted by Gasteiger charge is 2.09. The third-order valence-electron chi connectivity index (χ3n) is 5.18. The van der Waals surface area contributed by atoms with Crippen LogP contribution in [0.3, 0.4) is 0 Å². The van der Waals surface area contributed by atoms with Crippen LogP contribution in [0, 0.1) is 27.7 Å². The van der Waals surface area contributed by atoms with Gasteiger partial charge in [0.05, 0.1) is 0 Å². The largest absolute Gasteiger partial charge is 0.355 e. The number of hydrogen-bond acceptors (Lipinski definition) is 1. The Bertz CT molecular complexity index is 1000. The smallest absolute Gasteiger partial charge is 0.0464 e. The fraction of sp³-hybridized carbons (Fsp3) is 0.167. The van der Waals surface area contributed by atoms with Crippen LogP contribution < -0.4 is 5.32 Å². The lowest BCUT2D eigenvalue weighted by Gasteiger charge is -2.16. The van der Waals surface area contributed by atoms with Crippen molar-refractivity contribution in [3.8, 4) is 0 Å². The van der Waals surface area contributed by atoms with Crippen LogP contribution in [0.25, 0.3) is 21.5 Å². The lowest BCUT2D eigenvalue weighted by Crippen LogP contribution is -1.96. The standard InChI is InChI=1S/C24H23N/c1-15-7-5-9-19-21(13-11-17(3)23(15)19)25-22-14-12-18(4)24-16(2)8-6-10-20(22)24/h5-14,25H,1-4H3. The number of nitrogens with one attached hydrogen (secondary N) is 1. The molecule has 1 N–H and O–H groups in total. The molecule has 0 unspecified atom stereocenters. The quantitative estimate of drug-likeness (QED) is 0.419. The number of anilines is 2. The Hall–Kier alpha value is -2.80. The van der Waals surface area contributed by atoms with E-state index >= 15 is 0 Å². The fourth-order valence-corrected chi connectivity index (χ4v) is 3.96. The molecule has 0 saturated carbocycles. The topological polar surface area (TPSA) is 12.0 Å². The highest BCUT2D eigenvalue weighted by molar-refractivity contribution is 6.03. The maximum atomic E-state index is 3.70. The minimum absolute atomic E-state index is 1.16. The van der Waals surface area contributed by atoms with Crippen LogP contribution in [-0.2, 0) is 0 Å². The highest BCUT2D eigenvalue weighted by atomic mass is 14.9. The zero-order valence-electron chi connectivity index (χ0n) is 15.3. The summed E-state index contributed by atoms with van der Waals surface area (Å²) in [5.41, 5.74) is 7.62. The van der Waals surface area contributed by atoms with E-state index in [-0.39, 0.29) is 0 Å². The Morgan fingerprint density at radius 3 is 1.32 bits per heavy atom. The van der Waals surface area contributed by atoms with Gasteiger partial charge < -0.3 is 5.32 Å². The van der Waals surface area contributed by atoms with Crippen LogP contribution in [0.4, 0.5) is 11.4 Å². The second-order valence-electron chi connectivity index (χ2n) is 6.98. The summed E-state index contributed by atoms with van der Waals surface area (Å²) in [5, 5.41) is 8.95. The normalized spacial score (nSPS) is 11.2. The summed E-state index contributed by atoms with van der Waals surface area (Å²) < 4.78 is 0. The molecule has 0 radical (unpaired) electrons. The molecule has 4 rings (SSSR count). The zero-order valence-corrected chi connectivity index (χ0v) is 15.3. The van der Waals surface area contributed by atoms with Gasteiger partial charge in [-0.1, -0.05) is 48.5 Å². The average Bonchev–Trinajstić information content (AvgIpc) is 2.59. The molecule has 4 aromatic carbocycles. The summed E-state index contributed by atoms with van der Waals surface area (Å²) in [7, 11) is 0. The Labute approximate surface area is 149 Å². The molecule has 124 valence electrons. The van der Waals surface area contributed by atoms with Crippen LogP contribution in [0.1, 0.15) is 22.3 Å². The van der Waals surface area contributed by atoms with Gasteiger partial charge >= 0.3 is 0 Å². The van der Waals surface area contributed by atoms with Gasteiger partial charge in [-0.15, -0.1) is 0 Å². The lowest BCUT2D eigenvalue weighted by atomic mass is 9.97. The van der Waals surface area contributed by atoms with E-state index < -0.39 is 0 Å². The van der Waals surface area contributed by atoms with Crippen molar-refractivity contribution in [1.82, 2.24) is 0 Å². The Balaban J connectivity index is 1.93. The predicted molar refractivity (Wildman–Crippen MR) is 110 cm³/mol. The molecule has 4 aromatic rings. The van der Waals surface area contributed by atoms with Crippen LogP contribution in [0.2, 0.25) is 0 Å². The van der Waals surface area contributed by atoms with Crippen molar-refractivity contribution in [3.63, 3.8) is 0 Å². The Morgan fingerprint density at radius 2 is 0.880 bits per heavy atom. The van der Waals surface area contributed by atoms with Crippen molar-refractivity contribution in [2.75, 3.05) is 5.32 Å². The predicted octanol–water partition coefficient (Wildman–Crippen LogP) is 6.97. The number of hydrogen-bond donors (Lipinski definition) is 1. The molecule has 0 atom stereocenters. The van der Waals surface area contributed by atoms with Crippen LogP contribution in [0.5, 0.6) is 0 Å². The molecule has 1 heteroatoms. The summed E-state index contributed by atoms with van der Waals surface area (Å²) in [4.78, 5) is 0. The molecular weight excluding hydrogens is 302 g/mol. The number of fused-ring (bicyclic) bond motifs is 2. The van der Waals surface area contributed by atoms with E-state index in [9.17, 15) is 0 Å². The van der Waals surface area contributed by atoms with Crippen molar-refractivity contribution < 1.29 is 0 Å². The van der Waals surface area contributed by atoms with Crippen molar-refractivity contribution in [1.29, 1.82) is 0 Å². The van der Waals surface area contributed by atoms with E-state index in [1.807, 2.05) is 0 Å². The minimum atomic E-state index is 1.16. The molecule has 25 heavy (non-hydrogen) atoms. The van der Waals surface area contributed by atoms with Crippen LogP contribution in [0.15, 0.2) is 60.7 Å². The van der Waals surface area contributed by atoms with Gasteiger partial charge in [0, 0.05) is 22.1 Å².